The fourth-order valence-electron chi connectivity index (χ4n) is 1.41. The minimum absolute atomic E-state index is 0.225. The topological polar surface area (TPSA) is 83.0 Å². The summed E-state index contributed by atoms with van der Waals surface area (Å²) in [6.07, 6.45) is 2.21. The molecule has 0 saturated carbocycles. The summed E-state index contributed by atoms with van der Waals surface area (Å²) < 4.78 is 6.60. The first-order valence-electron chi connectivity index (χ1n) is 5.24. The Morgan fingerprint density at radius 2 is 2.38 bits per heavy atom. The van der Waals surface area contributed by atoms with Crippen LogP contribution in [0.3, 0.4) is 0 Å². The summed E-state index contributed by atoms with van der Waals surface area (Å²) in [5.74, 6) is -0.289. The molecule has 0 aliphatic rings. The number of nitrogens with two attached hydrogens (primary N) is 1. The lowest BCUT2D eigenvalue weighted by atomic mass is 9.86. The number of carbonyl (C=O) groups excluding carboxylic acids is 1. The molecule has 1 atom stereocenters. The van der Waals surface area contributed by atoms with Crippen molar-refractivity contribution in [2.75, 3.05) is 13.2 Å². The predicted octanol–water partition coefficient (Wildman–Crippen LogP) is -0.114. The molecule has 1 heterocycles. The first kappa shape index (κ1) is 12.6. The van der Waals surface area contributed by atoms with Crippen molar-refractivity contribution in [2.24, 2.45) is 18.2 Å². The standard InChI is InChI=1S/C10H18N4O2/c1-4-16-9(15)10(2,7-11)5-8-6-14(3)13-12-8/h6H,4-5,7,11H2,1-3H3. The molecule has 6 nitrogen and oxygen atoms in total. The van der Waals surface area contributed by atoms with E-state index in [9.17, 15) is 4.79 Å². The van der Waals surface area contributed by atoms with Crippen LogP contribution >= 0.6 is 0 Å². The van der Waals surface area contributed by atoms with E-state index in [2.05, 4.69) is 10.3 Å². The maximum Gasteiger partial charge on any atom is 0.313 e. The summed E-state index contributed by atoms with van der Waals surface area (Å²) in [4.78, 5) is 11.7. The van der Waals surface area contributed by atoms with E-state index in [1.54, 1.807) is 31.8 Å². The Bertz CT molecular complexity index is 363. The summed E-state index contributed by atoms with van der Waals surface area (Å²) in [7, 11) is 1.78. The molecule has 0 aromatic carbocycles. The predicted molar refractivity (Wildman–Crippen MR) is 58.5 cm³/mol. The van der Waals surface area contributed by atoms with Gasteiger partial charge in [0, 0.05) is 26.2 Å². The van der Waals surface area contributed by atoms with Gasteiger partial charge in [-0.05, 0) is 13.8 Å². The first-order valence-corrected chi connectivity index (χ1v) is 5.24. The molecule has 1 aromatic rings. The van der Waals surface area contributed by atoms with E-state index in [1.165, 1.54) is 0 Å². The van der Waals surface area contributed by atoms with E-state index in [0.29, 0.717) is 13.0 Å². The minimum Gasteiger partial charge on any atom is -0.466 e. The lowest BCUT2D eigenvalue weighted by molar-refractivity contribution is -0.153. The number of hydrogen-bond acceptors (Lipinski definition) is 5. The van der Waals surface area contributed by atoms with Gasteiger partial charge in [0.15, 0.2) is 0 Å². The van der Waals surface area contributed by atoms with Crippen molar-refractivity contribution < 1.29 is 9.53 Å². The number of aromatic nitrogens is 3. The number of rotatable bonds is 5. The van der Waals surface area contributed by atoms with Gasteiger partial charge in [0.2, 0.25) is 0 Å². The molecule has 0 spiro atoms. The second-order valence-corrected chi connectivity index (χ2v) is 4.05. The molecule has 6 heteroatoms. The van der Waals surface area contributed by atoms with Crippen molar-refractivity contribution >= 4 is 5.97 Å². The smallest absolute Gasteiger partial charge is 0.313 e. The van der Waals surface area contributed by atoms with Gasteiger partial charge in [-0.15, -0.1) is 5.10 Å². The van der Waals surface area contributed by atoms with E-state index >= 15 is 0 Å². The highest BCUT2D eigenvalue weighted by Gasteiger charge is 2.34. The van der Waals surface area contributed by atoms with Gasteiger partial charge in [-0.2, -0.15) is 0 Å². The lowest BCUT2D eigenvalue weighted by Gasteiger charge is -2.24. The van der Waals surface area contributed by atoms with Gasteiger partial charge in [-0.3, -0.25) is 9.48 Å². The Morgan fingerprint density at radius 1 is 1.69 bits per heavy atom. The monoisotopic (exact) mass is 226 g/mol. The SMILES string of the molecule is CCOC(=O)C(C)(CN)Cc1cn(C)nn1. The molecule has 90 valence electrons. The first-order chi connectivity index (χ1) is 7.51. The molecular weight excluding hydrogens is 208 g/mol. The summed E-state index contributed by atoms with van der Waals surface area (Å²) >= 11 is 0. The molecule has 2 N–H and O–H groups in total. The Balaban J connectivity index is 2.77. The molecule has 16 heavy (non-hydrogen) atoms. The molecule has 0 aliphatic carbocycles. The molecule has 0 radical (unpaired) electrons. The zero-order valence-electron chi connectivity index (χ0n) is 9.93. The van der Waals surface area contributed by atoms with Crippen LogP contribution in [0.5, 0.6) is 0 Å². The van der Waals surface area contributed by atoms with Crippen molar-refractivity contribution in [1.82, 2.24) is 15.0 Å². The van der Waals surface area contributed by atoms with Crippen LogP contribution in [0.2, 0.25) is 0 Å². The fourth-order valence-corrected chi connectivity index (χ4v) is 1.41. The third-order valence-electron chi connectivity index (χ3n) is 2.44. The van der Waals surface area contributed by atoms with Gasteiger partial charge in [0.25, 0.3) is 0 Å². The molecule has 0 fully saturated rings. The molecule has 1 rings (SSSR count). The Hall–Kier alpha value is -1.43. The van der Waals surface area contributed by atoms with Crippen LogP contribution in [-0.4, -0.2) is 34.1 Å². The quantitative estimate of drug-likeness (QED) is 0.708. The van der Waals surface area contributed by atoms with Crippen LogP contribution in [0.1, 0.15) is 19.5 Å². The lowest BCUT2D eigenvalue weighted by Crippen LogP contribution is -2.39. The largest absolute Gasteiger partial charge is 0.466 e. The number of aryl methyl sites for hydroxylation is 1. The van der Waals surface area contributed by atoms with Gasteiger partial charge in [-0.25, -0.2) is 0 Å². The molecule has 0 aliphatic heterocycles. The zero-order chi connectivity index (χ0) is 12.2. The van der Waals surface area contributed by atoms with Crippen molar-refractivity contribution in [2.45, 2.75) is 20.3 Å². The van der Waals surface area contributed by atoms with Gasteiger partial charge in [0.05, 0.1) is 17.7 Å². The molecule has 1 unspecified atom stereocenters. The van der Waals surface area contributed by atoms with Crippen LogP contribution in [-0.2, 0) is 23.0 Å². The van der Waals surface area contributed by atoms with Crippen molar-refractivity contribution in [3.63, 3.8) is 0 Å². The van der Waals surface area contributed by atoms with Crippen LogP contribution in [0, 0.1) is 5.41 Å². The zero-order valence-corrected chi connectivity index (χ0v) is 9.93. The average Bonchev–Trinajstić information content (AvgIpc) is 2.64. The van der Waals surface area contributed by atoms with Crippen LogP contribution < -0.4 is 5.73 Å². The van der Waals surface area contributed by atoms with Crippen molar-refractivity contribution in [3.8, 4) is 0 Å². The molecule has 0 bridgehead atoms. The summed E-state index contributed by atoms with van der Waals surface area (Å²) in [5, 5.41) is 7.76. The highest BCUT2D eigenvalue weighted by Crippen LogP contribution is 2.22. The summed E-state index contributed by atoms with van der Waals surface area (Å²) in [6, 6.07) is 0. The minimum atomic E-state index is -0.730. The summed E-state index contributed by atoms with van der Waals surface area (Å²) in [5.41, 5.74) is 5.65. The Morgan fingerprint density at radius 3 is 2.81 bits per heavy atom. The van der Waals surface area contributed by atoms with Crippen molar-refractivity contribution in [3.05, 3.63) is 11.9 Å². The normalized spacial score (nSPS) is 14.5. The van der Waals surface area contributed by atoms with Crippen molar-refractivity contribution in [1.29, 1.82) is 0 Å². The third kappa shape index (κ3) is 2.79. The summed E-state index contributed by atoms with van der Waals surface area (Å²) in [6.45, 7) is 4.13. The average molecular weight is 226 g/mol. The maximum atomic E-state index is 11.7. The van der Waals surface area contributed by atoms with E-state index in [4.69, 9.17) is 10.5 Å². The van der Waals surface area contributed by atoms with E-state index < -0.39 is 5.41 Å². The van der Waals surface area contributed by atoms with Crippen LogP contribution in [0.25, 0.3) is 0 Å². The van der Waals surface area contributed by atoms with Crippen LogP contribution in [0.4, 0.5) is 0 Å². The maximum absolute atomic E-state index is 11.7. The van der Waals surface area contributed by atoms with E-state index in [1.807, 2.05) is 0 Å². The second-order valence-electron chi connectivity index (χ2n) is 4.05. The molecule has 0 amide bonds. The number of esters is 1. The highest BCUT2D eigenvalue weighted by molar-refractivity contribution is 5.77. The second kappa shape index (κ2) is 5.07. The Labute approximate surface area is 94.8 Å². The van der Waals surface area contributed by atoms with Gasteiger partial charge in [-0.1, -0.05) is 5.21 Å². The van der Waals surface area contributed by atoms with Gasteiger partial charge >= 0.3 is 5.97 Å². The van der Waals surface area contributed by atoms with Gasteiger partial charge in [0.1, 0.15) is 0 Å². The molecule has 1 aromatic heterocycles. The van der Waals surface area contributed by atoms with E-state index in [-0.39, 0.29) is 12.5 Å². The van der Waals surface area contributed by atoms with E-state index in [0.717, 1.165) is 5.69 Å². The third-order valence-corrected chi connectivity index (χ3v) is 2.44. The number of ether oxygens (including phenoxy) is 1. The number of nitrogens with zero attached hydrogens (tertiary/aromatic N) is 3. The number of carbonyl (C=O) groups is 1. The number of hydrogen-bond donors (Lipinski definition) is 1. The highest BCUT2D eigenvalue weighted by atomic mass is 16.5. The Kier molecular flexibility index (Phi) is 4.00. The van der Waals surface area contributed by atoms with Gasteiger partial charge < -0.3 is 10.5 Å². The van der Waals surface area contributed by atoms with Crippen LogP contribution in [0.15, 0.2) is 6.20 Å². The molecule has 0 saturated heterocycles. The molecular formula is C10H18N4O2. The fraction of sp³-hybridized carbons (Fsp3) is 0.700.